The Balaban J connectivity index is 1.02. The Kier molecular flexibility index (Phi) is 4.11. The zero-order valence-electron chi connectivity index (χ0n) is 20.0. The van der Waals surface area contributed by atoms with Gasteiger partial charge in [-0.2, -0.15) is 4.21 Å². The van der Waals surface area contributed by atoms with Crippen LogP contribution in [0.2, 0.25) is 0 Å². The van der Waals surface area contributed by atoms with Crippen LogP contribution in [0.3, 0.4) is 0 Å². The van der Waals surface area contributed by atoms with Crippen LogP contribution in [0.1, 0.15) is 47.9 Å². The molecular weight excluding hydrogens is 478 g/mol. The van der Waals surface area contributed by atoms with Crippen LogP contribution in [-0.4, -0.2) is 51.4 Å². The second-order valence-electron chi connectivity index (χ2n) is 11.2. The van der Waals surface area contributed by atoms with E-state index in [2.05, 4.69) is 35.2 Å². The minimum Gasteiger partial charge on any atom is -0.477 e. The van der Waals surface area contributed by atoms with E-state index in [0.717, 1.165) is 24.0 Å². The highest BCUT2D eigenvalue weighted by molar-refractivity contribution is 7.75. The van der Waals surface area contributed by atoms with Crippen molar-refractivity contribution in [1.82, 2.24) is 4.90 Å². The largest absolute Gasteiger partial charge is 0.477 e. The molecule has 36 heavy (non-hydrogen) atoms. The molecule has 2 heterocycles. The lowest BCUT2D eigenvalue weighted by Crippen LogP contribution is -2.64. The summed E-state index contributed by atoms with van der Waals surface area (Å²) in [5, 5.41) is 11.9. The fraction of sp³-hybridized carbons (Fsp3) is 0.464. The number of allylic oxidation sites excluding steroid dienone is 1. The van der Waals surface area contributed by atoms with Gasteiger partial charge in [-0.15, -0.1) is 0 Å². The third kappa shape index (κ3) is 2.35. The van der Waals surface area contributed by atoms with Gasteiger partial charge >= 0.3 is 11.4 Å². The molecule has 1 saturated heterocycles. The number of carbonyl (C=O) groups excluding carboxylic acids is 1. The van der Waals surface area contributed by atoms with E-state index in [1.165, 1.54) is 16.7 Å². The van der Waals surface area contributed by atoms with Gasteiger partial charge in [0, 0.05) is 12.0 Å². The lowest BCUT2D eigenvalue weighted by Gasteiger charge is -2.47. The van der Waals surface area contributed by atoms with Gasteiger partial charge in [0.1, 0.15) is 0 Å². The third-order valence-corrected chi connectivity index (χ3v) is 10.5. The molecule has 2 bridgehead atoms. The summed E-state index contributed by atoms with van der Waals surface area (Å²) >= 11 is -2.01. The predicted molar refractivity (Wildman–Crippen MR) is 131 cm³/mol. The van der Waals surface area contributed by atoms with Gasteiger partial charge in [-0.05, 0) is 61.9 Å². The zero-order chi connectivity index (χ0) is 24.4. The Bertz CT molecular complexity index is 1420. The van der Waals surface area contributed by atoms with Gasteiger partial charge in [0.2, 0.25) is 0 Å². The van der Waals surface area contributed by atoms with Gasteiger partial charge in [-0.1, -0.05) is 42.0 Å². The molecule has 8 rings (SSSR count). The number of piperidine rings is 1. The lowest BCUT2D eigenvalue weighted by atomic mass is 9.59. The molecule has 3 fully saturated rings. The summed E-state index contributed by atoms with van der Waals surface area (Å²) in [6, 6.07) is 12.2. The van der Waals surface area contributed by atoms with Crippen molar-refractivity contribution in [1.29, 1.82) is 0 Å². The maximum absolute atomic E-state index is 13.0. The molecule has 1 N–H and O–H groups in total. The average molecular weight is 506 g/mol. The molecule has 8 heteroatoms. The standard InChI is InChI=1S/C28H27NO6S/c1-29-25-27(29)15-26-22-19(27)8-9-21(23(22)34-24(26)20(30)10-12-28(25,26)31)35-36(32)33-13-11-16-6-7-17-4-2-3-5-18(17)14-16/h2-6,8-9,24-25,31H,7,10-15H2,1H3. The molecule has 0 aromatic heterocycles. The summed E-state index contributed by atoms with van der Waals surface area (Å²) in [7, 11) is 2.04. The minimum absolute atomic E-state index is 0.00735. The van der Waals surface area contributed by atoms with Crippen LogP contribution in [0.25, 0.3) is 0 Å². The van der Waals surface area contributed by atoms with E-state index in [9.17, 15) is 14.1 Å². The molecule has 2 aliphatic heterocycles. The number of aliphatic hydroxyl groups is 1. The summed E-state index contributed by atoms with van der Waals surface area (Å²) in [5.74, 6) is 0.777. The van der Waals surface area contributed by atoms with E-state index < -0.39 is 28.5 Å². The number of hydrogen-bond donors (Lipinski definition) is 1. The van der Waals surface area contributed by atoms with E-state index in [1.807, 2.05) is 13.1 Å². The third-order valence-electron chi connectivity index (χ3n) is 9.84. The van der Waals surface area contributed by atoms with Crippen LogP contribution in [0.5, 0.6) is 11.5 Å². The maximum atomic E-state index is 13.0. The van der Waals surface area contributed by atoms with Gasteiger partial charge in [0.25, 0.3) is 0 Å². The van der Waals surface area contributed by atoms with Crippen LogP contribution in [-0.2, 0) is 44.1 Å². The number of ketones is 1. The number of benzene rings is 2. The number of nitrogens with zero attached hydrogens (tertiary/aromatic N) is 1. The second-order valence-corrected chi connectivity index (χ2v) is 12.0. The van der Waals surface area contributed by atoms with Crippen molar-refractivity contribution < 1.29 is 27.2 Å². The number of likely N-dealkylation sites (N-methyl/N-ethyl adjacent to an activating group) is 1. The molecule has 2 saturated carbocycles. The van der Waals surface area contributed by atoms with Crippen LogP contribution >= 0.6 is 0 Å². The zero-order valence-corrected chi connectivity index (χ0v) is 20.8. The molecule has 6 aliphatic rings. The topological polar surface area (TPSA) is 85.1 Å². The van der Waals surface area contributed by atoms with Crippen LogP contribution in [0.4, 0.5) is 0 Å². The molecule has 186 valence electrons. The predicted octanol–water partition coefficient (Wildman–Crippen LogP) is 2.80. The molecule has 7 nitrogen and oxygen atoms in total. The Morgan fingerprint density at radius 3 is 2.92 bits per heavy atom. The first kappa shape index (κ1) is 21.6. The molecule has 0 amide bonds. The molecule has 0 radical (unpaired) electrons. The number of rotatable bonds is 6. The van der Waals surface area contributed by atoms with Gasteiger partial charge in [-0.3, -0.25) is 13.9 Å². The Morgan fingerprint density at radius 1 is 1.22 bits per heavy atom. The Labute approximate surface area is 211 Å². The van der Waals surface area contributed by atoms with Crippen molar-refractivity contribution in [2.24, 2.45) is 0 Å². The molecule has 2 aromatic carbocycles. The quantitative estimate of drug-likeness (QED) is 0.477. The van der Waals surface area contributed by atoms with E-state index in [0.29, 0.717) is 37.2 Å². The number of carbonyl (C=O) groups is 1. The fourth-order valence-corrected chi connectivity index (χ4v) is 8.91. The van der Waals surface area contributed by atoms with Crippen LogP contribution < -0.4 is 8.92 Å². The fourth-order valence-electron chi connectivity index (χ4n) is 8.36. The molecule has 7 unspecified atom stereocenters. The highest BCUT2D eigenvalue weighted by Crippen LogP contribution is 2.81. The number of fused-ring (bicyclic) bond motifs is 2. The Hall–Kier alpha value is -2.52. The molecule has 2 spiro atoms. The molecular formula is C28H27NO6S. The molecule has 2 aromatic rings. The van der Waals surface area contributed by atoms with Crippen molar-refractivity contribution in [2.75, 3.05) is 13.7 Å². The summed E-state index contributed by atoms with van der Waals surface area (Å²) in [5.41, 5.74) is 3.95. The number of likely N-dealkylation sites (tertiary alicyclic amines) is 1. The van der Waals surface area contributed by atoms with Crippen LogP contribution in [0.15, 0.2) is 48.0 Å². The first-order valence-corrected chi connectivity index (χ1v) is 13.7. The van der Waals surface area contributed by atoms with Gasteiger partial charge in [0.05, 0.1) is 29.2 Å². The van der Waals surface area contributed by atoms with Crippen molar-refractivity contribution in [3.05, 3.63) is 70.3 Å². The smallest absolute Gasteiger partial charge is 0.360 e. The highest BCUT2D eigenvalue weighted by atomic mass is 32.2. The van der Waals surface area contributed by atoms with E-state index in [1.54, 1.807) is 6.07 Å². The first-order valence-electron chi connectivity index (χ1n) is 12.7. The van der Waals surface area contributed by atoms with Crippen molar-refractivity contribution in [2.45, 2.75) is 67.2 Å². The number of ether oxygens (including phenoxy) is 1. The van der Waals surface area contributed by atoms with E-state index in [4.69, 9.17) is 13.1 Å². The van der Waals surface area contributed by atoms with Gasteiger partial charge in [0.15, 0.2) is 23.4 Å². The van der Waals surface area contributed by atoms with Crippen molar-refractivity contribution in [3.63, 3.8) is 0 Å². The summed E-state index contributed by atoms with van der Waals surface area (Å²) < 4.78 is 30.2. The van der Waals surface area contributed by atoms with Crippen molar-refractivity contribution >= 4 is 17.1 Å². The SMILES string of the molecule is CN1C2C13CC14c5c3ccc(OS(=O)OCCC3=CCc6ccccc6C3)c5OC1C(=O)CCC24O. The molecule has 4 aliphatic carbocycles. The van der Waals surface area contributed by atoms with Crippen molar-refractivity contribution in [3.8, 4) is 11.5 Å². The van der Waals surface area contributed by atoms with Crippen LogP contribution in [0, 0.1) is 0 Å². The second kappa shape index (κ2) is 6.86. The minimum atomic E-state index is -2.01. The summed E-state index contributed by atoms with van der Waals surface area (Å²) in [4.78, 5) is 15.2. The highest BCUT2D eigenvalue weighted by Gasteiger charge is 2.91. The summed E-state index contributed by atoms with van der Waals surface area (Å²) in [6.45, 7) is 0.280. The number of Topliss-reactive ketones (excluding diaryl/α,β-unsaturated/α-hetero) is 1. The van der Waals surface area contributed by atoms with Gasteiger partial charge in [-0.25, -0.2) is 0 Å². The number of hydrogen-bond acceptors (Lipinski definition) is 7. The summed E-state index contributed by atoms with van der Waals surface area (Å²) in [6.07, 6.45) is 5.41. The first-order chi connectivity index (χ1) is 17.4. The monoisotopic (exact) mass is 505 g/mol. The molecule has 7 atom stereocenters. The Morgan fingerprint density at radius 2 is 2.06 bits per heavy atom. The maximum Gasteiger partial charge on any atom is 0.360 e. The van der Waals surface area contributed by atoms with Gasteiger partial charge < -0.3 is 14.0 Å². The lowest BCUT2D eigenvalue weighted by molar-refractivity contribution is -0.148. The van der Waals surface area contributed by atoms with E-state index >= 15 is 0 Å². The average Bonchev–Trinajstić information content (AvgIpc) is 3.13. The van der Waals surface area contributed by atoms with E-state index in [-0.39, 0.29) is 24.0 Å². The normalized spacial score (nSPS) is 38.6.